The van der Waals surface area contributed by atoms with Crippen LogP contribution in [-0.4, -0.2) is 11.2 Å². The van der Waals surface area contributed by atoms with E-state index >= 15 is 0 Å². The molecule has 0 bridgehead atoms. The van der Waals surface area contributed by atoms with Gasteiger partial charge in [-0.3, -0.25) is 0 Å². The summed E-state index contributed by atoms with van der Waals surface area (Å²) in [5.74, 6) is 0. The van der Waals surface area contributed by atoms with E-state index in [-0.39, 0.29) is 0 Å². The Bertz CT molecular complexity index is 653. The molecule has 2 N–H and O–H groups in total. The molecule has 0 saturated heterocycles. The molecule has 106 valence electrons. The van der Waals surface area contributed by atoms with E-state index in [2.05, 4.69) is 60.2 Å². The van der Waals surface area contributed by atoms with Crippen LogP contribution in [0.15, 0.2) is 58.8 Å². The summed E-state index contributed by atoms with van der Waals surface area (Å²) in [4.78, 5) is 6.01. The molecule has 2 nitrogen and oxygen atoms in total. The highest BCUT2D eigenvalue weighted by molar-refractivity contribution is 7.98. The van der Waals surface area contributed by atoms with E-state index < -0.39 is 0 Å². The molecule has 2 aromatic carbocycles. The molecule has 0 aliphatic heterocycles. The van der Waals surface area contributed by atoms with Crippen LogP contribution in [-0.2, 0) is 6.54 Å². The second-order valence-corrected chi connectivity index (χ2v) is 6.41. The van der Waals surface area contributed by atoms with E-state index in [9.17, 15) is 0 Å². The predicted octanol–water partition coefficient (Wildman–Crippen LogP) is 4.66. The van der Waals surface area contributed by atoms with Gasteiger partial charge >= 0.3 is 0 Å². The van der Waals surface area contributed by atoms with E-state index in [1.165, 1.54) is 4.90 Å². The molecule has 4 heteroatoms. The molecule has 1 heterocycles. The van der Waals surface area contributed by atoms with Crippen molar-refractivity contribution in [2.24, 2.45) is 5.73 Å². The van der Waals surface area contributed by atoms with Gasteiger partial charge in [0.1, 0.15) is 5.01 Å². The smallest absolute Gasteiger partial charge is 0.124 e. The largest absolute Gasteiger partial charge is 0.326 e. The number of aromatic nitrogens is 1. The van der Waals surface area contributed by atoms with E-state index in [0.717, 1.165) is 27.4 Å². The molecule has 0 amide bonds. The Morgan fingerprint density at radius 3 is 2.29 bits per heavy atom. The lowest BCUT2D eigenvalue weighted by Crippen LogP contribution is -1.95. The summed E-state index contributed by atoms with van der Waals surface area (Å²) in [6, 6.07) is 16.8. The monoisotopic (exact) mass is 312 g/mol. The second-order valence-electron chi connectivity index (χ2n) is 4.67. The van der Waals surface area contributed by atoms with Crippen LogP contribution in [0, 0.1) is 0 Å². The molecule has 0 fully saturated rings. The average Bonchev–Trinajstić information content (AvgIpc) is 3.05. The normalized spacial score (nSPS) is 10.8. The van der Waals surface area contributed by atoms with Crippen LogP contribution in [0.5, 0.6) is 0 Å². The fourth-order valence-corrected chi connectivity index (χ4v) is 3.33. The molecule has 0 spiro atoms. The van der Waals surface area contributed by atoms with Gasteiger partial charge < -0.3 is 5.73 Å². The second kappa shape index (κ2) is 6.43. The van der Waals surface area contributed by atoms with Crippen LogP contribution in [0.1, 0.15) is 5.56 Å². The van der Waals surface area contributed by atoms with Crippen LogP contribution in [0.25, 0.3) is 21.8 Å². The van der Waals surface area contributed by atoms with Gasteiger partial charge in [0.05, 0.1) is 5.69 Å². The number of hydrogen-bond acceptors (Lipinski definition) is 4. The predicted molar refractivity (Wildman–Crippen MR) is 92.7 cm³/mol. The summed E-state index contributed by atoms with van der Waals surface area (Å²) >= 11 is 3.42. The van der Waals surface area contributed by atoms with Gasteiger partial charge in [0.25, 0.3) is 0 Å². The number of nitrogens with zero attached hydrogens (tertiary/aromatic N) is 1. The first-order chi connectivity index (χ1) is 10.3. The van der Waals surface area contributed by atoms with E-state index in [4.69, 9.17) is 10.7 Å². The highest BCUT2D eigenvalue weighted by atomic mass is 32.2. The SMILES string of the molecule is CSc1ccc(-c2csc(-c3ccc(CN)cc3)n2)cc1. The van der Waals surface area contributed by atoms with Crippen LogP contribution in [0.2, 0.25) is 0 Å². The standard InChI is InChI=1S/C17H16N2S2/c1-20-15-8-6-13(7-9-15)16-11-21-17(19-16)14-4-2-12(10-18)3-5-14/h2-9,11H,10,18H2,1H3. The fraction of sp³-hybridized carbons (Fsp3) is 0.118. The van der Waals surface area contributed by atoms with Gasteiger partial charge in [-0.15, -0.1) is 23.1 Å². The molecule has 0 saturated carbocycles. The number of benzene rings is 2. The Hall–Kier alpha value is -1.62. The van der Waals surface area contributed by atoms with Gasteiger partial charge in [-0.2, -0.15) is 0 Å². The molecule has 21 heavy (non-hydrogen) atoms. The topological polar surface area (TPSA) is 38.9 Å². The number of hydrogen-bond donors (Lipinski definition) is 1. The summed E-state index contributed by atoms with van der Waals surface area (Å²) in [5.41, 5.74) is 10.1. The maximum absolute atomic E-state index is 5.63. The van der Waals surface area contributed by atoms with Crippen molar-refractivity contribution in [3.05, 3.63) is 59.5 Å². The van der Waals surface area contributed by atoms with Gasteiger partial charge in [-0.25, -0.2) is 4.98 Å². The van der Waals surface area contributed by atoms with E-state index in [1.54, 1.807) is 23.1 Å². The molecule has 0 unspecified atom stereocenters. The zero-order valence-corrected chi connectivity index (χ0v) is 13.4. The third kappa shape index (κ3) is 3.18. The lowest BCUT2D eigenvalue weighted by Gasteiger charge is -2.00. The minimum atomic E-state index is 0.575. The van der Waals surface area contributed by atoms with Crippen molar-refractivity contribution in [3.63, 3.8) is 0 Å². The van der Waals surface area contributed by atoms with Crippen molar-refractivity contribution in [1.82, 2.24) is 4.98 Å². The molecule has 3 rings (SSSR count). The molecular weight excluding hydrogens is 296 g/mol. The van der Waals surface area contributed by atoms with Crippen molar-refractivity contribution in [1.29, 1.82) is 0 Å². The van der Waals surface area contributed by atoms with Crippen LogP contribution < -0.4 is 5.73 Å². The van der Waals surface area contributed by atoms with Crippen LogP contribution >= 0.6 is 23.1 Å². The fourth-order valence-electron chi connectivity index (χ4n) is 2.08. The van der Waals surface area contributed by atoms with Gasteiger partial charge in [-0.1, -0.05) is 36.4 Å². The van der Waals surface area contributed by atoms with Gasteiger partial charge in [-0.05, 0) is 24.0 Å². The molecule has 0 atom stereocenters. The van der Waals surface area contributed by atoms with Crippen molar-refractivity contribution in [2.75, 3.05) is 6.26 Å². The quantitative estimate of drug-likeness (QED) is 0.712. The minimum Gasteiger partial charge on any atom is -0.326 e. The number of rotatable bonds is 4. The van der Waals surface area contributed by atoms with Gasteiger partial charge in [0, 0.05) is 27.9 Å². The molecule has 0 radical (unpaired) electrons. The first-order valence-corrected chi connectivity index (χ1v) is 8.80. The first-order valence-electron chi connectivity index (χ1n) is 6.69. The summed E-state index contributed by atoms with van der Waals surface area (Å²) in [7, 11) is 0. The third-order valence-corrected chi connectivity index (χ3v) is 4.96. The van der Waals surface area contributed by atoms with Crippen LogP contribution in [0.4, 0.5) is 0 Å². The third-order valence-electron chi connectivity index (χ3n) is 3.33. The lowest BCUT2D eigenvalue weighted by molar-refractivity contribution is 1.07. The first kappa shape index (κ1) is 14.3. The molecule has 0 aliphatic rings. The molecule has 1 aromatic heterocycles. The summed E-state index contributed by atoms with van der Waals surface area (Å²) in [6.45, 7) is 0.575. The number of thioether (sulfide) groups is 1. The van der Waals surface area contributed by atoms with E-state index in [1.807, 2.05) is 0 Å². The zero-order chi connectivity index (χ0) is 14.7. The zero-order valence-electron chi connectivity index (χ0n) is 11.7. The van der Waals surface area contributed by atoms with Gasteiger partial charge in [0.15, 0.2) is 0 Å². The highest BCUT2D eigenvalue weighted by Crippen LogP contribution is 2.29. The van der Waals surface area contributed by atoms with Crippen molar-refractivity contribution < 1.29 is 0 Å². The van der Waals surface area contributed by atoms with Crippen molar-refractivity contribution in [2.45, 2.75) is 11.4 Å². The maximum Gasteiger partial charge on any atom is 0.124 e. The number of nitrogens with two attached hydrogens (primary N) is 1. The molecule has 3 aromatic rings. The Balaban J connectivity index is 1.87. The van der Waals surface area contributed by atoms with Crippen molar-refractivity contribution >= 4 is 23.1 Å². The maximum atomic E-state index is 5.63. The summed E-state index contributed by atoms with van der Waals surface area (Å²) in [5, 5.41) is 3.16. The van der Waals surface area contributed by atoms with Crippen LogP contribution in [0.3, 0.4) is 0 Å². The Kier molecular flexibility index (Phi) is 4.39. The highest BCUT2D eigenvalue weighted by Gasteiger charge is 2.06. The molecule has 0 aliphatic carbocycles. The Morgan fingerprint density at radius 2 is 1.67 bits per heavy atom. The Morgan fingerprint density at radius 1 is 1.00 bits per heavy atom. The average molecular weight is 312 g/mol. The van der Waals surface area contributed by atoms with Gasteiger partial charge in [0.2, 0.25) is 0 Å². The lowest BCUT2D eigenvalue weighted by atomic mass is 10.1. The summed E-state index contributed by atoms with van der Waals surface area (Å²) < 4.78 is 0. The van der Waals surface area contributed by atoms with Crippen molar-refractivity contribution in [3.8, 4) is 21.8 Å². The minimum absolute atomic E-state index is 0.575. The number of thiazole rings is 1. The van der Waals surface area contributed by atoms with E-state index in [0.29, 0.717) is 6.54 Å². The molecular formula is C17H16N2S2. The Labute approximate surface area is 133 Å². The summed E-state index contributed by atoms with van der Waals surface area (Å²) in [6.07, 6.45) is 2.08.